The molecular formula is C30H47N5O6S. The van der Waals surface area contributed by atoms with Crippen LogP contribution in [0.4, 0.5) is 4.79 Å². The van der Waals surface area contributed by atoms with Crippen molar-refractivity contribution < 1.29 is 28.8 Å². The first kappa shape index (κ1) is 34.9. The van der Waals surface area contributed by atoms with E-state index in [4.69, 9.17) is 5.73 Å². The van der Waals surface area contributed by atoms with Gasteiger partial charge in [-0.25, -0.2) is 4.79 Å². The number of nitrogens with one attached hydrogen (secondary N) is 3. The molecule has 234 valence electrons. The summed E-state index contributed by atoms with van der Waals surface area (Å²) in [5.74, 6) is -3.06. The van der Waals surface area contributed by atoms with E-state index in [2.05, 4.69) is 16.0 Å². The molecule has 0 aromatic carbocycles. The van der Waals surface area contributed by atoms with E-state index in [1.54, 1.807) is 38.3 Å². The molecule has 0 bridgehead atoms. The minimum Gasteiger partial charge on any atom is -0.363 e. The molecule has 11 nitrogen and oxygen atoms in total. The topological polar surface area (TPSA) is 168 Å². The Balaban J connectivity index is 0.00000301. The van der Waals surface area contributed by atoms with E-state index < -0.39 is 59.1 Å². The Morgan fingerprint density at radius 1 is 1.02 bits per heavy atom. The lowest BCUT2D eigenvalue weighted by Crippen LogP contribution is -2.61. The van der Waals surface area contributed by atoms with Crippen LogP contribution in [-0.2, 0) is 19.2 Å². The van der Waals surface area contributed by atoms with Crippen LogP contribution in [-0.4, -0.2) is 70.9 Å². The van der Waals surface area contributed by atoms with Gasteiger partial charge in [-0.15, -0.1) is 11.3 Å². The van der Waals surface area contributed by atoms with Crippen molar-refractivity contribution in [2.24, 2.45) is 23.0 Å². The molecule has 5 N–H and O–H groups in total. The maximum Gasteiger partial charge on any atom is 0.316 e. The molecule has 1 aromatic rings. The molecule has 1 aromatic heterocycles. The second-order valence-corrected chi connectivity index (χ2v) is 13.1. The molecule has 2 heterocycles. The third-order valence-corrected chi connectivity index (χ3v) is 8.25. The molecule has 4 atom stereocenters. The number of hydrogen-bond acceptors (Lipinski definition) is 7. The number of nitrogens with zero attached hydrogens (tertiary/aromatic N) is 1. The van der Waals surface area contributed by atoms with E-state index >= 15 is 0 Å². The van der Waals surface area contributed by atoms with Gasteiger partial charge in [0.1, 0.15) is 12.1 Å². The Hall–Kier alpha value is -3.28. The van der Waals surface area contributed by atoms with E-state index in [9.17, 15) is 28.8 Å². The Morgan fingerprint density at radius 2 is 1.67 bits per heavy atom. The molecule has 12 heteroatoms. The van der Waals surface area contributed by atoms with Gasteiger partial charge in [-0.2, -0.15) is 0 Å². The zero-order valence-corrected chi connectivity index (χ0v) is 26.6. The summed E-state index contributed by atoms with van der Waals surface area (Å²) in [5.41, 5.74) is 4.48. The van der Waals surface area contributed by atoms with E-state index in [1.807, 2.05) is 27.7 Å². The highest BCUT2D eigenvalue weighted by atomic mass is 32.1. The van der Waals surface area contributed by atoms with Gasteiger partial charge >= 0.3 is 6.03 Å². The number of primary amides is 1. The van der Waals surface area contributed by atoms with Gasteiger partial charge in [0.2, 0.25) is 17.6 Å². The molecule has 1 saturated carbocycles. The highest BCUT2D eigenvalue weighted by Gasteiger charge is 2.43. The Morgan fingerprint density at radius 3 is 2.17 bits per heavy atom. The van der Waals surface area contributed by atoms with Crippen LogP contribution in [0.5, 0.6) is 0 Å². The summed E-state index contributed by atoms with van der Waals surface area (Å²) in [5, 5.41) is 9.94. The fourth-order valence-corrected chi connectivity index (χ4v) is 5.60. The molecule has 1 aliphatic heterocycles. The summed E-state index contributed by atoms with van der Waals surface area (Å²) in [6.07, 6.45) is 3.12. The van der Waals surface area contributed by atoms with Crippen LogP contribution in [0, 0.1) is 17.3 Å². The molecule has 42 heavy (non-hydrogen) atoms. The van der Waals surface area contributed by atoms with Crippen molar-refractivity contribution in [2.45, 2.75) is 105 Å². The Kier molecular flexibility index (Phi) is 12.7. The molecule has 0 radical (unpaired) electrons. The number of thiophene rings is 1. The van der Waals surface area contributed by atoms with Crippen LogP contribution >= 0.6 is 11.3 Å². The highest BCUT2D eigenvalue weighted by Crippen LogP contribution is 2.34. The summed E-state index contributed by atoms with van der Waals surface area (Å²) in [7, 11) is 0. The van der Waals surface area contributed by atoms with Gasteiger partial charge in [0.25, 0.3) is 5.91 Å². The monoisotopic (exact) mass is 605 g/mol. The lowest BCUT2D eigenvalue weighted by atomic mass is 9.85. The van der Waals surface area contributed by atoms with Crippen molar-refractivity contribution in [2.75, 3.05) is 6.54 Å². The number of carbonyl (C=O) groups excluding carboxylic acids is 6. The molecule has 5 amide bonds. The number of nitrogens with two attached hydrogens (primary N) is 1. The summed E-state index contributed by atoms with van der Waals surface area (Å²) >= 11 is 1.29. The van der Waals surface area contributed by atoms with E-state index in [1.165, 1.54) is 16.2 Å². The normalized spacial score (nSPS) is 18.7. The maximum absolute atomic E-state index is 13.8. The summed E-state index contributed by atoms with van der Waals surface area (Å²) in [6.45, 7) is 13.4. The van der Waals surface area contributed by atoms with Crippen LogP contribution in [0.3, 0.4) is 0 Å². The highest BCUT2D eigenvalue weighted by molar-refractivity contribution is 7.12. The van der Waals surface area contributed by atoms with Crippen LogP contribution in [0.25, 0.3) is 0 Å². The number of ketones is 2. The van der Waals surface area contributed by atoms with Gasteiger partial charge in [-0.3, -0.25) is 24.0 Å². The van der Waals surface area contributed by atoms with Gasteiger partial charge in [0.15, 0.2) is 5.78 Å². The predicted molar refractivity (Wildman–Crippen MR) is 162 cm³/mol. The van der Waals surface area contributed by atoms with Crippen molar-refractivity contribution in [3.05, 3.63) is 22.4 Å². The molecule has 1 saturated heterocycles. The van der Waals surface area contributed by atoms with Gasteiger partial charge in [-0.05, 0) is 48.0 Å². The molecule has 2 aliphatic rings. The minimum absolute atomic E-state index is 0.192. The van der Waals surface area contributed by atoms with Crippen molar-refractivity contribution in [1.82, 2.24) is 20.9 Å². The van der Waals surface area contributed by atoms with Crippen molar-refractivity contribution in [3.8, 4) is 0 Å². The first-order chi connectivity index (χ1) is 19.7. The zero-order valence-electron chi connectivity index (χ0n) is 25.8. The third kappa shape index (κ3) is 9.37. The van der Waals surface area contributed by atoms with E-state index in [0.717, 1.165) is 12.8 Å². The molecule has 3 unspecified atom stereocenters. The quantitative estimate of drug-likeness (QED) is 0.211. The van der Waals surface area contributed by atoms with Crippen LogP contribution in [0.1, 0.15) is 90.2 Å². The van der Waals surface area contributed by atoms with Crippen LogP contribution in [0.15, 0.2) is 17.5 Å². The average molecular weight is 606 g/mol. The number of Topliss-reactive ketones (excluding diaryl/α,β-unsaturated/α-hetero) is 2. The summed E-state index contributed by atoms with van der Waals surface area (Å²) in [4.78, 5) is 79.0. The smallest absolute Gasteiger partial charge is 0.316 e. The standard InChI is InChI=1S/C28H41N5O6S.C2H6/c1-15(2)20(22(35)19-9-7-13-40-19)31-27(39)32-23(28(3,4)5)26(38)33-12-6-8-18(33)25(37)30-17(14-16-10-11-16)21(34)24(29)36;1-2/h7,9,13,15-18,20,23H,6,8,10-12,14H2,1-5H3,(H2,29,36)(H,30,37)(H2,31,32,39);1-2H3/t17?,18-,20?,23?;/m0./s1. The number of urea groups is 1. The second-order valence-electron chi connectivity index (χ2n) is 12.1. The fourth-order valence-electron chi connectivity index (χ4n) is 4.90. The summed E-state index contributed by atoms with van der Waals surface area (Å²) in [6, 6.07) is -0.850. The third-order valence-electron chi connectivity index (χ3n) is 7.37. The van der Waals surface area contributed by atoms with Crippen LogP contribution < -0.4 is 21.7 Å². The SMILES string of the molecule is CC.CC(C)C(NC(=O)NC(C(=O)N1CCC[C@H]1C(=O)NC(CC1CC1)C(=O)C(N)=O)C(C)(C)C)C(=O)c1cccs1. The molecule has 2 fully saturated rings. The number of amides is 5. The number of likely N-dealkylation sites (tertiary alicyclic amines) is 1. The molecular weight excluding hydrogens is 558 g/mol. The van der Waals surface area contributed by atoms with Gasteiger partial charge in [0, 0.05) is 6.54 Å². The molecule has 3 rings (SSSR count). The first-order valence-electron chi connectivity index (χ1n) is 14.8. The number of hydrogen-bond donors (Lipinski definition) is 4. The summed E-state index contributed by atoms with van der Waals surface area (Å²) < 4.78 is 0. The Bertz CT molecular complexity index is 1130. The Labute approximate surface area is 252 Å². The lowest BCUT2D eigenvalue weighted by molar-refractivity contribution is -0.143. The first-order valence-corrected chi connectivity index (χ1v) is 15.7. The van der Waals surface area contributed by atoms with Crippen molar-refractivity contribution in [3.63, 3.8) is 0 Å². The van der Waals surface area contributed by atoms with Gasteiger partial charge in [-0.1, -0.05) is 67.4 Å². The predicted octanol–water partition coefficient (Wildman–Crippen LogP) is 3.03. The molecule has 0 spiro atoms. The van der Waals surface area contributed by atoms with E-state index in [-0.39, 0.29) is 17.6 Å². The zero-order chi connectivity index (χ0) is 31.8. The van der Waals surface area contributed by atoms with Gasteiger partial charge < -0.3 is 26.6 Å². The van der Waals surface area contributed by atoms with Gasteiger partial charge in [0.05, 0.1) is 17.0 Å². The number of rotatable bonds is 12. The van der Waals surface area contributed by atoms with Crippen molar-refractivity contribution >= 4 is 46.7 Å². The van der Waals surface area contributed by atoms with Crippen LogP contribution in [0.2, 0.25) is 0 Å². The largest absolute Gasteiger partial charge is 0.363 e. The lowest BCUT2D eigenvalue weighted by Gasteiger charge is -2.36. The number of carbonyl (C=O) groups is 6. The van der Waals surface area contributed by atoms with E-state index in [0.29, 0.717) is 30.7 Å². The maximum atomic E-state index is 13.8. The average Bonchev–Trinajstić information content (AvgIpc) is 3.36. The second kappa shape index (κ2) is 15.3. The van der Waals surface area contributed by atoms with Crippen molar-refractivity contribution in [1.29, 1.82) is 0 Å². The fraction of sp³-hybridized carbons (Fsp3) is 0.667. The molecule has 1 aliphatic carbocycles. The minimum atomic E-state index is -1.11.